The van der Waals surface area contributed by atoms with Crippen molar-refractivity contribution in [3.05, 3.63) is 0 Å². The van der Waals surface area contributed by atoms with E-state index in [1.807, 2.05) is 0 Å². The van der Waals surface area contributed by atoms with Gasteiger partial charge in [-0.1, -0.05) is 0 Å². The third-order valence-electron chi connectivity index (χ3n) is 0. The molecule has 482 valence electrons. The molecule has 0 saturated heterocycles. The van der Waals surface area contributed by atoms with Crippen LogP contribution in [0, 0.1) is 0 Å². The Morgan fingerprint density at radius 2 is 0.0328 bits per heavy atom. The van der Waals surface area contributed by atoms with Crippen LogP contribution < -0.4 is 0 Å². The molecule has 0 heterocycles. The van der Waals surface area contributed by atoms with Crippen molar-refractivity contribution >= 4 is 29.6 Å². The summed E-state index contributed by atoms with van der Waals surface area (Å²) in [6.45, 7) is 0. The van der Waals surface area contributed by atoms with Crippen molar-refractivity contribution in [1.29, 1.82) is 0 Å². The first kappa shape index (κ1) is 104000. The van der Waals surface area contributed by atoms with E-state index in [0.717, 1.165) is 0 Å². The number of hydrogen-bond acceptors (Lipinski definition) is 0. The minimum absolute atomic E-state index is 0. The van der Waals surface area contributed by atoms with Crippen molar-refractivity contribution in [2.24, 2.45) is 0 Å². The van der Waals surface area contributed by atoms with Gasteiger partial charge in [0.15, 0.2) is 0 Å². The molecule has 0 aliphatic heterocycles. The molecule has 0 aliphatic rings. The molecule has 0 aliphatic carbocycles. The van der Waals surface area contributed by atoms with Crippen molar-refractivity contribution in [3.8, 4) is 0 Å². The van der Waals surface area contributed by atoms with E-state index in [2.05, 4.69) is 0 Å². The van der Waals surface area contributed by atoms with E-state index in [4.69, 9.17) is 0 Å². The fourth-order valence-corrected chi connectivity index (χ4v) is 0. The molecule has 0 amide bonds. The SMILES string of the molecule is O.O.O.O.O.O.O.O.O.O.O.O.O.O.O.O.O.O.O.O.O.O.O.O.O.O.O.O.O.O.O.O.O.O.O.O.O.O.O.O.O.O.O.O.O.O.O.O.O.O.O.O.O.O.O.O.O.O.O.O.[NaH]. The van der Waals surface area contributed by atoms with Crippen LogP contribution in [0.2, 0.25) is 0 Å². The van der Waals surface area contributed by atoms with Gasteiger partial charge in [-0.05, 0) is 0 Å². The Balaban J connectivity index is 0. The number of rotatable bonds is 0. The summed E-state index contributed by atoms with van der Waals surface area (Å²) in [5.74, 6) is 0. The fourth-order valence-electron chi connectivity index (χ4n) is 0. The Labute approximate surface area is 359 Å². The minimum atomic E-state index is 0. The Bertz CT molecular complexity index is 7.36. The molecule has 0 fully saturated rings. The van der Waals surface area contributed by atoms with E-state index >= 15 is 0 Å². The molecular weight excluding hydrogens is 983 g/mol. The molecule has 61 heteroatoms. The average Bonchev–Trinajstić information content (AvgIpc) is 0. The van der Waals surface area contributed by atoms with Crippen LogP contribution in [0.15, 0.2) is 0 Å². The Kier molecular flexibility index (Phi) is 170000000. The first-order valence-electron chi connectivity index (χ1n) is 0. The summed E-state index contributed by atoms with van der Waals surface area (Å²) >= 11 is 0. The fraction of sp³-hybridized carbons (Fsp3) is 0. The Morgan fingerprint density at radius 3 is 0.0328 bits per heavy atom. The molecule has 0 bridgehead atoms. The monoisotopic (exact) mass is 1100 g/mol. The van der Waals surface area contributed by atoms with Gasteiger partial charge in [-0.15, -0.1) is 0 Å². The summed E-state index contributed by atoms with van der Waals surface area (Å²) in [6, 6.07) is 0. The van der Waals surface area contributed by atoms with Crippen molar-refractivity contribution in [1.82, 2.24) is 0 Å². The van der Waals surface area contributed by atoms with Crippen LogP contribution in [0.3, 0.4) is 0 Å². The summed E-state index contributed by atoms with van der Waals surface area (Å²) in [5.41, 5.74) is 0. The summed E-state index contributed by atoms with van der Waals surface area (Å²) in [6.07, 6.45) is 0. The third kappa shape index (κ3) is 95800. The molecule has 0 spiro atoms. The quantitative estimate of drug-likeness (QED) is 0.204. The molecule has 0 saturated carbocycles. The molecule has 61 heavy (non-hydrogen) atoms. The van der Waals surface area contributed by atoms with E-state index in [1.54, 1.807) is 0 Å². The predicted octanol–water partition coefficient (Wildman–Crippen LogP) is -50.1. The van der Waals surface area contributed by atoms with Crippen molar-refractivity contribution in [2.45, 2.75) is 0 Å². The van der Waals surface area contributed by atoms with Gasteiger partial charge in [0.05, 0.1) is 0 Å². The molecule has 0 radical (unpaired) electrons. The van der Waals surface area contributed by atoms with Crippen LogP contribution in [0.4, 0.5) is 0 Å². The molecule has 120 N–H and O–H groups in total. The zero-order valence-electron chi connectivity index (χ0n) is 30.0. The van der Waals surface area contributed by atoms with E-state index in [-0.39, 0.29) is 358 Å². The van der Waals surface area contributed by atoms with Gasteiger partial charge < -0.3 is 329 Å². The van der Waals surface area contributed by atoms with Gasteiger partial charge in [0, 0.05) is 0 Å². The first-order valence-corrected chi connectivity index (χ1v) is 0. The second-order valence-corrected chi connectivity index (χ2v) is 0. The molecule has 0 unspecified atom stereocenters. The molecule has 0 atom stereocenters. The van der Waals surface area contributed by atoms with Gasteiger partial charge in [0.25, 0.3) is 0 Å². The van der Waals surface area contributed by atoms with E-state index in [9.17, 15) is 0 Å². The predicted molar refractivity (Wildman–Crippen MR) is 224 cm³/mol. The van der Waals surface area contributed by atoms with Crippen molar-refractivity contribution in [2.75, 3.05) is 0 Å². The zero-order valence-corrected chi connectivity index (χ0v) is 30.0. The summed E-state index contributed by atoms with van der Waals surface area (Å²) < 4.78 is 0. The maximum absolute atomic E-state index is 0. The number of hydrogen-bond donors (Lipinski definition) is 0. The van der Waals surface area contributed by atoms with Gasteiger partial charge in [0.1, 0.15) is 0 Å². The van der Waals surface area contributed by atoms with Crippen LogP contribution >= 0.6 is 0 Å². The summed E-state index contributed by atoms with van der Waals surface area (Å²) in [4.78, 5) is 0. The second kappa shape index (κ2) is 99200. The second-order valence-electron chi connectivity index (χ2n) is 0. The average molecular weight is 1100 g/mol. The van der Waals surface area contributed by atoms with Crippen molar-refractivity contribution in [3.63, 3.8) is 0 Å². The molecule has 60 nitrogen and oxygen atoms in total. The third-order valence-corrected chi connectivity index (χ3v) is 0. The molecule has 0 aromatic rings. The standard InChI is InChI=1S/Na.60H2O.H/h;60*1H2;. The summed E-state index contributed by atoms with van der Waals surface area (Å²) in [7, 11) is 0. The zero-order chi connectivity index (χ0) is 0. The normalized spacial score (nSPS) is 0. The first-order chi connectivity index (χ1) is 0. The van der Waals surface area contributed by atoms with Crippen LogP contribution in [0.1, 0.15) is 0 Å². The van der Waals surface area contributed by atoms with Gasteiger partial charge in [-0.2, -0.15) is 0 Å². The van der Waals surface area contributed by atoms with Crippen LogP contribution in [0.5, 0.6) is 0 Å². The van der Waals surface area contributed by atoms with Gasteiger partial charge >= 0.3 is 29.6 Å². The molecule has 0 aromatic carbocycles. The van der Waals surface area contributed by atoms with Crippen LogP contribution in [-0.4, -0.2) is 358 Å². The molecule has 0 rings (SSSR count). The van der Waals surface area contributed by atoms with E-state index < -0.39 is 0 Å². The topological polar surface area (TPSA) is 1890 Å². The molecule has 0 aromatic heterocycles. The van der Waals surface area contributed by atoms with Crippen LogP contribution in [-0.2, 0) is 0 Å². The Morgan fingerprint density at radius 1 is 0.0328 bits per heavy atom. The Hall–Kier alpha value is -1.40. The van der Waals surface area contributed by atoms with Gasteiger partial charge in [0.2, 0.25) is 0 Å². The molecular formula is H121NaO60. The maximum atomic E-state index is 0. The summed E-state index contributed by atoms with van der Waals surface area (Å²) in [5, 5.41) is 0. The van der Waals surface area contributed by atoms with Gasteiger partial charge in [-0.25, -0.2) is 0 Å². The van der Waals surface area contributed by atoms with E-state index in [1.165, 1.54) is 0 Å². The van der Waals surface area contributed by atoms with E-state index in [0.29, 0.717) is 0 Å². The van der Waals surface area contributed by atoms with Crippen molar-refractivity contribution < 1.29 is 329 Å². The van der Waals surface area contributed by atoms with Crippen LogP contribution in [0.25, 0.3) is 0 Å². The van der Waals surface area contributed by atoms with Gasteiger partial charge in [-0.3, -0.25) is 0 Å².